The number of nitrogens with zero attached hydrogens (tertiary/aromatic N) is 3. The van der Waals surface area contributed by atoms with Gasteiger partial charge >= 0.3 is 0 Å². The summed E-state index contributed by atoms with van der Waals surface area (Å²) in [6.07, 6.45) is 3.05. The van der Waals surface area contributed by atoms with Crippen molar-refractivity contribution in [3.8, 4) is 17.0 Å². The van der Waals surface area contributed by atoms with E-state index >= 15 is 0 Å². The fraction of sp³-hybridized carbons (Fsp3) is 0.556. The zero-order valence-corrected chi connectivity index (χ0v) is 21.1. The molecule has 2 aliphatic heterocycles. The van der Waals surface area contributed by atoms with Crippen molar-refractivity contribution in [1.29, 1.82) is 0 Å². The Balaban J connectivity index is 1.30. The van der Waals surface area contributed by atoms with Gasteiger partial charge in [-0.1, -0.05) is 19.1 Å². The summed E-state index contributed by atoms with van der Waals surface area (Å²) in [4.78, 5) is 19.3. The van der Waals surface area contributed by atoms with Gasteiger partial charge in [0.15, 0.2) is 0 Å². The van der Waals surface area contributed by atoms with E-state index in [4.69, 9.17) is 10.5 Å². The van der Waals surface area contributed by atoms with Gasteiger partial charge in [0.2, 0.25) is 11.8 Å². The number of hydrogen-bond acceptors (Lipinski definition) is 6. The largest absolute Gasteiger partial charge is 0.477 e. The predicted molar refractivity (Wildman–Crippen MR) is 133 cm³/mol. The van der Waals surface area contributed by atoms with E-state index in [9.17, 15) is 23.1 Å². The summed E-state index contributed by atoms with van der Waals surface area (Å²) in [5.41, 5.74) is 6.79. The number of ether oxygens (including phenoxy) is 1. The minimum atomic E-state index is -2.64. The first-order valence-corrected chi connectivity index (χ1v) is 12.9. The van der Waals surface area contributed by atoms with Gasteiger partial charge in [0, 0.05) is 36.4 Å². The minimum absolute atomic E-state index is 0.0919. The number of hydrogen-bond donors (Lipinski definition) is 2. The van der Waals surface area contributed by atoms with Crippen molar-refractivity contribution in [3.05, 3.63) is 47.9 Å². The number of piperidine rings is 1. The second-order valence-electron chi connectivity index (χ2n) is 10.0. The number of aliphatic hydroxyl groups is 1. The lowest BCUT2D eigenvalue weighted by Gasteiger charge is -2.33. The number of amides is 1. The minimum Gasteiger partial charge on any atom is -0.477 e. The highest BCUT2D eigenvalue weighted by Crippen LogP contribution is 2.31. The molecule has 0 bridgehead atoms. The predicted octanol–water partition coefficient (Wildman–Crippen LogP) is 3.96. The monoisotopic (exact) mass is 520 g/mol. The highest BCUT2D eigenvalue weighted by Gasteiger charge is 2.35. The Morgan fingerprint density at radius 1 is 1.19 bits per heavy atom. The third-order valence-corrected chi connectivity index (χ3v) is 7.43. The van der Waals surface area contributed by atoms with Crippen molar-refractivity contribution in [2.45, 2.75) is 57.2 Å². The highest BCUT2D eigenvalue weighted by molar-refractivity contribution is 5.80. The van der Waals surface area contributed by atoms with E-state index in [0.717, 1.165) is 12.8 Å². The number of halogens is 3. The number of carbonyl (C=O) groups excluding carboxylic acids is 1. The first-order valence-electron chi connectivity index (χ1n) is 12.9. The summed E-state index contributed by atoms with van der Waals surface area (Å²) < 4.78 is 48.0. The summed E-state index contributed by atoms with van der Waals surface area (Å²) in [6.45, 7) is 3.52. The first-order chi connectivity index (χ1) is 17.7. The van der Waals surface area contributed by atoms with E-state index in [1.165, 1.54) is 24.0 Å². The molecule has 4 rings (SSSR count). The smallest absolute Gasteiger partial charge is 0.260 e. The average molecular weight is 521 g/mol. The molecule has 7 nitrogen and oxygen atoms in total. The van der Waals surface area contributed by atoms with Crippen LogP contribution in [-0.2, 0) is 4.79 Å². The Hall–Kier alpha value is -2.69. The van der Waals surface area contributed by atoms with Crippen LogP contribution >= 0.6 is 0 Å². The number of aromatic nitrogens is 1. The summed E-state index contributed by atoms with van der Waals surface area (Å²) in [6, 6.07) is 7.44. The van der Waals surface area contributed by atoms with E-state index in [1.807, 2.05) is 4.90 Å². The standard InChI is InChI=1S/C27H35F3N4O3/c1-2-27(29,30)17-33-12-9-18(10-13-33)16-37-24-8-6-20(15-32-24)19-5-7-21(22(28)14-19)26(36)34-11-3-4-23(34)25(31)35/h5-8,14-15,18,23,26,36H,2-4,9-13,16-17H2,1H3,(H2,31,35). The topological polar surface area (TPSA) is 91.9 Å². The third kappa shape index (κ3) is 6.80. The van der Waals surface area contributed by atoms with Crippen LogP contribution < -0.4 is 10.5 Å². The van der Waals surface area contributed by atoms with Gasteiger partial charge in [-0.15, -0.1) is 0 Å². The first kappa shape index (κ1) is 27.3. The van der Waals surface area contributed by atoms with Crippen molar-refractivity contribution < 1.29 is 27.8 Å². The Morgan fingerprint density at radius 2 is 1.92 bits per heavy atom. The number of alkyl halides is 2. The molecule has 2 saturated heterocycles. The van der Waals surface area contributed by atoms with Gasteiger partial charge < -0.3 is 15.6 Å². The third-order valence-electron chi connectivity index (χ3n) is 7.43. The Kier molecular flexibility index (Phi) is 8.71. The van der Waals surface area contributed by atoms with Crippen LogP contribution in [0, 0.1) is 11.7 Å². The quantitative estimate of drug-likeness (QED) is 0.493. The summed E-state index contributed by atoms with van der Waals surface area (Å²) in [7, 11) is 0. The summed E-state index contributed by atoms with van der Waals surface area (Å²) in [5, 5.41) is 10.7. The number of benzene rings is 1. The van der Waals surface area contributed by atoms with E-state index in [2.05, 4.69) is 4.98 Å². The van der Waals surface area contributed by atoms with Gasteiger partial charge in [0.25, 0.3) is 5.92 Å². The van der Waals surface area contributed by atoms with Gasteiger partial charge in [-0.05, 0) is 62.4 Å². The zero-order chi connectivity index (χ0) is 26.6. The number of aliphatic hydroxyl groups excluding tert-OH is 1. The Labute approximate surface area is 215 Å². The Bertz CT molecular complexity index is 1060. The molecule has 1 amide bonds. The van der Waals surface area contributed by atoms with Crippen LogP contribution in [0.5, 0.6) is 5.88 Å². The summed E-state index contributed by atoms with van der Waals surface area (Å²) >= 11 is 0. The average Bonchev–Trinajstić information content (AvgIpc) is 3.39. The van der Waals surface area contributed by atoms with Gasteiger partial charge in [0.05, 0.1) is 19.2 Å². The zero-order valence-electron chi connectivity index (χ0n) is 21.1. The second-order valence-corrected chi connectivity index (χ2v) is 10.0. The molecule has 0 spiro atoms. The normalized spacial score (nSPS) is 20.7. The molecule has 0 saturated carbocycles. The number of primary amides is 1. The number of pyridine rings is 1. The van der Waals surface area contributed by atoms with E-state index in [0.29, 0.717) is 56.1 Å². The molecule has 202 valence electrons. The molecule has 10 heteroatoms. The number of rotatable bonds is 10. The molecule has 2 aromatic rings. The molecule has 2 aliphatic rings. The molecule has 2 unspecified atom stereocenters. The van der Waals surface area contributed by atoms with E-state index in [-0.39, 0.29) is 24.4 Å². The van der Waals surface area contributed by atoms with Crippen LogP contribution in [0.15, 0.2) is 36.5 Å². The van der Waals surface area contributed by atoms with Crippen LogP contribution in [0.2, 0.25) is 0 Å². The molecule has 1 aromatic heterocycles. The summed E-state index contributed by atoms with van der Waals surface area (Å²) in [5.74, 6) is -3.01. The highest BCUT2D eigenvalue weighted by atomic mass is 19.3. The molecule has 2 fully saturated rings. The van der Waals surface area contributed by atoms with Gasteiger partial charge in [0.1, 0.15) is 12.0 Å². The molecule has 1 aromatic carbocycles. The number of likely N-dealkylation sites (tertiary alicyclic amines) is 2. The van der Waals surface area contributed by atoms with Crippen molar-refractivity contribution >= 4 is 5.91 Å². The van der Waals surface area contributed by atoms with Crippen LogP contribution in [-0.4, -0.2) is 70.5 Å². The molecule has 2 atom stereocenters. The van der Waals surface area contributed by atoms with Crippen molar-refractivity contribution in [2.75, 3.05) is 32.8 Å². The van der Waals surface area contributed by atoms with Crippen LogP contribution in [0.3, 0.4) is 0 Å². The van der Waals surface area contributed by atoms with Crippen molar-refractivity contribution in [1.82, 2.24) is 14.8 Å². The lowest BCUT2D eigenvalue weighted by Crippen LogP contribution is -2.42. The molecule has 3 heterocycles. The van der Waals surface area contributed by atoms with E-state index in [1.54, 1.807) is 24.4 Å². The van der Waals surface area contributed by atoms with Gasteiger partial charge in [-0.3, -0.25) is 14.6 Å². The van der Waals surface area contributed by atoms with Gasteiger partial charge in [-0.2, -0.15) is 0 Å². The van der Waals surface area contributed by atoms with Crippen molar-refractivity contribution in [3.63, 3.8) is 0 Å². The maximum Gasteiger partial charge on any atom is 0.260 e. The molecular formula is C27H35F3N4O3. The van der Waals surface area contributed by atoms with E-state index < -0.39 is 29.9 Å². The van der Waals surface area contributed by atoms with Crippen LogP contribution in [0.4, 0.5) is 13.2 Å². The molecule has 0 radical (unpaired) electrons. The molecule has 3 N–H and O–H groups in total. The van der Waals surface area contributed by atoms with Crippen LogP contribution in [0.1, 0.15) is 50.8 Å². The number of nitrogens with two attached hydrogens (primary N) is 1. The molecule has 0 aliphatic carbocycles. The van der Waals surface area contributed by atoms with Gasteiger partial charge in [-0.25, -0.2) is 18.2 Å². The maximum atomic E-state index is 14.9. The molecular weight excluding hydrogens is 485 g/mol. The maximum absolute atomic E-state index is 14.9. The molecule has 37 heavy (non-hydrogen) atoms. The fourth-order valence-electron chi connectivity index (χ4n) is 5.07. The Morgan fingerprint density at radius 3 is 2.54 bits per heavy atom. The fourth-order valence-corrected chi connectivity index (χ4v) is 5.07. The van der Waals surface area contributed by atoms with Crippen LogP contribution in [0.25, 0.3) is 11.1 Å². The lowest BCUT2D eigenvalue weighted by atomic mass is 9.97. The SMILES string of the molecule is CCC(F)(F)CN1CCC(COc2ccc(-c3ccc(C(O)N4CCCC4C(N)=O)c(F)c3)cn2)CC1. The lowest BCUT2D eigenvalue weighted by molar-refractivity contribution is -0.126. The number of carbonyl (C=O) groups is 1. The second kappa shape index (κ2) is 11.8. The van der Waals surface area contributed by atoms with Crippen molar-refractivity contribution in [2.24, 2.45) is 11.7 Å².